The largest absolute Gasteiger partial charge is 0.462 e. The first kappa shape index (κ1) is 15.1. The SMILES string of the molecule is C=C(C)C(=O)OCCCC(OCC)OCC. The minimum absolute atomic E-state index is 0.196. The Morgan fingerprint density at radius 1 is 1.25 bits per heavy atom. The van der Waals surface area contributed by atoms with Crippen LogP contribution in [0, 0.1) is 0 Å². The lowest BCUT2D eigenvalue weighted by Crippen LogP contribution is -2.18. The molecule has 0 aromatic carbocycles. The molecular formula is C12H22O4. The zero-order valence-corrected chi connectivity index (χ0v) is 10.5. The third-order valence-electron chi connectivity index (χ3n) is 1.87. The van der Waals surface area contributed by atoms with Crippen LogP contribution in [0.5, 0.6) is 0 Å². The van der Waals surface area contributed by atoms with Gasteiger partial charge in [-0.2, -0.15) is 0 Å². The molecule has 0 rings (SSSR count). The molecule has 0 spiro atoms. The summed E-state index contributed by atoms with van der Waals surface area (Å²) >= 11 is 0. The van der Waals surface area contributed by atoms with E-state index in [0.29, 0.717) is 25.4 Å². The zero-order chi connectivity index (χ0) is 12.4. The van der Waals surface area contributed by atoms with Crippen LogP contribution in [0.3, 0.4) is 0 Å². The summed E-state index contributed by atoms with van der Waals surface area (Å²) in [7, 11) is 0. The van der Waals surface area contributed by atoms with E-state index in [1.54, 1.807) is 6.92 Å². The topological polar surface area (TPSA) is 44.8 Å². The van der Waals surface area contributed by atoms with Crippen molar-refractivity contribution in [1.82, 2.24) is 0 Å². The van der Waals surface area contributed by atoms with Crippen molar-refractivity contribution in [2.75, 3.05) is 19.8 Å². The molecule has 16 heavy (non-hydrogen) atoms. The summed E-state index contributed by atoms with van der Waals surface area (Å²) in [4.78, 5) is 11.1. The second-order valence-corrected chi connectivity index (χ2v) is 3.40. The molecule has 0 N–H and O–H groups in total. The van der Waals surface area contributed by atoms with Crippen molar-refractivity contribution in [2.45, 2.75) is 39.9 Å². The Hall–Kier alpha value is -0.870. The molecule has 94 valence electrons. The maximum absolute atomic E-state index is 11.1. The van der Waals surface area contributed by atoms with Crippen molar-refractivity contribution >= 4 is 5.97 Å². The number of hydrogen-bond donors (Lipinski definition) is 0. The van der Waals surface area contributed by atoms with Gasteiger partial charge >= 0.3 is 5.97 Å². The second-order valence-electron chi connectivity index (χ2n) is 3.40. The van der Waals surface area contributed by atoms with Crippen molar-refractivity contribution in [3.05, 3.63) is 12.2 Å². The summed E-state index contributed by atoms with van der Waals surface area (Å²) < 4.78 is 15.7. The molecule has 4 heteroatoms. The van der Waals surface area contributed by atoms with Crippen molar-refractivity contribution in [3.8, 4) is 0 Å². The summed E-state index contributed by atoms with van der Waals surface area (Å²) in [5.74, 6) is -0.343. The number of ether oxygens (including phenoxy) is 3. The van der Waals surface area contributed by atoms with E-state index >= 15 is 0 Å². The van der Waals surface area contributed by atoms with Gasteiger partial charge in [-0.1, -0.05) is 6.58 Å². The Balaban J connectivity index is 3.61. The lowest BCUT2D eigenvalue weighted by molar-refractivity contribution is -0.147. The Bertz CT molecular complexity index is 207. The van der Waals surface area contributed by atoms with Crippen LogP contribution in [0.2, 0.25) is 0 Å². The van der Waals surface area contributed by atoms with Crippen LogP contribution < -0.4 is 0 Å². The van der Waals surface area contributed by atoms with Gasteiger partial charge < -0.3 is 14.2 Å². The monoisotopic (exact) mass is 230 g/mol. The van der Waals surface area contributed by atoms with Crippen LogP contribution in [0.25, 0.3) is 0 Å². The Labute approximate surface area is 97.6 Å². The number of hydrogen-bond acceptors (Lipinski definition) is 4. The highest BCUT2D eigenvalue weighted by molar-refractivity contribution is 5.86. The summed E-state index contributed by atoms with van der Waals surface area (Å²) in [6.45, 7) is 10.6. The fourth-order valence-electron chi connectivity index (χ4n) is 1.12. The molecule has 0 saturated carbocycles. The van der Waals surface area contributed by atoms with E-state index in [2.05, 4.69) is 6.58 Å². The lowest BCUT2D eigenvalue weighted by Gasteiger charge is -2.16. The summed E-state index contributed by atoms with van der Waals surface area (Å²) in [5, 5.41) is 0. The van der Waals surface area contributed by atoms with E-state index in [4.69, 9.17) is 14.2 Å². The van der Waals surface area contributed by atoms with Gasteiger partial charge in [-0.05, 0) is 27.2 Å². The van der Waals surface area contributed by atoms with Gasteiger partial charge in [-0.25, -0.2) is 4.79 Å². The van der Waals surface area contributed by atoms with E-state index in [0.717, 1.165) is 12.8 Å². The van der Waals surface area contributed by atoms with E-state index in [1.165, 1.54) is 0 Å². The molecule has 0 aromatic heterocycles. The average Bonchev–Trinajstić information content (AvgIpc) is 2.24. The molecule has 0 unspecified atom stereocenters. The van der Waals surface area contributed by atoms with E-state index in [-0.39, 0.29) is 12.3 Å². The van der Waals surface area contributed by atoms with Crippen LogP contribution in [0.1, 0.15) is 33.6 Å². The van der Waals surface area contributed by atoms with Gasteiger partial charge in [0.05, 0.1) is 6.61 Å². The molecule has 4 nitrogen and oxygen atoms in total. The van der Waals surface area contributed by atoms with Crippen LogP contribution in [0.4, 0.5) is 0 Å². The quantitative estimate of drug-likeness (QED) is 0.264. The first-order valence-electron chi connectivity index (χ1n) is 5.67. The molecular weight excluding hydrogens is 208 g/mol. The predicted molar refractivity (Wildman–Crippen MR) is 62.0 cm³/mol. The Morgan fingerprint density at radius 2 is 1.81 bits per heavy atom. The summed E-state index contributed by atoms with van der Waals surface area (Å²) in [5.41, 5.74) is 0.422. The van der Waals surface area contributed by atoms with Crippen molar-refractivity contribution in [3.63, 3.8) is 0 Å². The molecule has 0 aliphatic rings. The van der Waals surface area contributed by atoms with E-state index in [9.17, 15) is 4.79 Å². The predicted octanol–water partition coefficient (Wildman–Crippen LogP) is 2.29. The highest BCUT2D eigenvalue weighted by Crippen LogP contribution is 2.05. The maximum Gasteiger partial charge on any atom is 0.333 e. The maximum atomic E-state index is 11.1. The molecule has 0 radical (unpaired) electrons. The van der Waals surface area contributed by atoms with Gasteiger partial charge in [-0.3, -0.25) is 0 Å². The molecule has 0 atom stereocenters. The molecule has 0 saturated heterocycles. The van der Waals surface area contributed by atoms with Gasteiger partial charge in [-0.15, -0.1) is 0 Å². The first-order chi connectivity index (χ1) is 7.61. The van der Waals surface area contributed by atoms with Gasteiger partial charge in [0.25, 0.3) is 0 Å². The summed E-state index contributed by atoms with van der Waals surface area (Å²) in [6.07, 6.45) is 1.26. The summed E-state index contributed by atoms with van der Waals surface area (Å²) in [6, 6.07) is 0. The number of carbonyl (C=O) groups excluding carboxylic acids is 1. The fraction of sp³-hybridized carbons (Fsp3) is 0.750. The van der Waals surface area contributed by atoms with Crippen LogP contribution in [0.15, 0.2) is 12.2 Å². The third-order valence-corrected chi connectivity index (χ3v) is 1.87. The van der Waals surface area contributed by atoms with E-state index < -0.39 is 0 Å². The van der Waals surface area contributed by atoms with Crippen LogP contribution in [-0.2, 0) is 19.0 Å². The van der Waals surface area contributed by atoms with Crippen molar-refractivity contribution < 1.29 is 19.0 Å². The standard InChI is InChI=1S/C12H22O4/c1-5-14-11(15-6-2)8-7-9-16-12(13)10(3)4/h11H,3,5-9H2,1-2,4H3. The molecule has 0 heterocycles. The van der Waals surface area contributed by atoms with Gasteiger partial charge in [0.2, 0.25) is 0 Å². The molecule has 0 aliphatic carbocycles. The second kappa shape index (κ2) is 9.36. The number of esters is 1. The first-order valence-corrected chi connectivity index (χ1v) is 5.67. The Morgan fingerprint density at radius 3 is 2.25 bits per heavy atom. The highest BCUT2D eigenvalue weighted by atomic mass is 16.7. The minimum atomic E-state index is -0.343. The van der Waals surface area contributed by atoms with E-state index in [1.807, 2.05) is 13.8 Å². The smallest absolute Gasteiger partial charge is 0.333 e. The van der Waals surface area contributed by atoms with Crippen LogP contribution >= 0.6 is 0 Å². The minimum Gasteiger partial charge on any atom is -0.462 e. The fourth-order valence-corrected chi connectivity index (χ4v) is 1.12. The zero-order valence-electron chi connectivity index (χ0n) is 10.5. The molecule has 0 aromatic rings. The molecule has 0 bridgehead atoms. The van der Waals surface area contributed by atoms with Crippen molar-refractivity contribution in [1.29, 1.82) is 0 Å². The lowest BCUT2D eigenvalue weighted by atomic mass is 10.3. The van der Waals surface area contributed by atoms with Gasteiger partial charge in [0.15, 0.2) is 6.29 Å². The van der Waals surface area contributed by atoms with Crippen molar-refractivity contribution in [2.24, 2.45) is 0 Å². The van der Waals surface area contributed by atoms with Crippen LogP contribution in [-0.4, -0.2) is 32.1 Å². The number of carbonyl (C=O) groups is 1. The number of rotatable bonds is 9. The van der Waals surface area contributed by atoms with Gasteiger partial charge in [0, 0.05) is 25.2 Å². The molecule has 0 aliphatic heterocycles. The molecule has 0 fully saturated rings. The Kier molecular flexibility index (Phi) is 8.85. The normalized spacial score (nSPS) is 10.5. The third kappa shape index (κ3) is 7.43. The average molecular weight is 230 g/mol. The van der Waals surface area contributed by atoms with Gasteiger partial charge in [0.1, 0.15) is 0 Å². The highest BCUT2D eigenvalue weighted by Gasteiger charge is 2.08. The molecule has 0 amide bonds.